The van der Waals surface area contributed by atoms with Gasteiger partial charge in [-0.05, 0) is 31.4 Å². The van der Waals surface area contributed by atoms with E-state index in [4.69, 9.17) is 0 Å². The minimum absolute atomic E-state index is 0.0764. The van der Waals surface area contributed by atoms with Gasteiger partial charge in [-0.25, -0.2) is 0 Å². The van der Waals surface area contributed by atoms with Gasteiger partial charge in [0.15, 0.2) is 0 Å². The molecule has 2 aliphatic rings. The Morgan fingerprint density at radius 1 is 1.21 bits per heavy atom. The average molecular weight is 327 g/mol. The maximum atomic E-state index is 12.5. The van der Waals surface area contributed by atoms with E-state index in [1.165, 1.54) is 5.56 Å². The van der Waals surface area contributed by atoms with Gasteiger partial charge in [0.2, 0.25) is 5.91 Å². The summed E-state index contributed by atoms with van der Waals surface area (Å²) in [6.07, 6.45) is 7.22. The van der Waals surface area contributed by atoms with Crippen LogP contribution in [0.3, 0.4) is 0 Å². The van der Waals surface area contributed by atoms with Crippen molar-refractivity contribution >= 4 is 5.91 Å². The van der Waals surface area contributed by atoms with Gasteiger partial charge in [-0.2, -0.15) is 0 Å². The lowest BCUT2D eigenvalue weighted by atomic mass is 10.0. The highest BCUT2D eigenvalue weighted by Gasteiger charge is 2.22. The molecule has 1 N–H and O–H groups in total. The van der Waals surface area contributed by atoms with Crippen molar-refractivity contribution in [1.29, 1.82) is 0 Å². The van der Waals surface area contributed by atoms with Crippen LogP contribution in [0.1, 0.15) is 30.9 Å². The monoisotopic (exact) mass is 327 g/mol. The fourth-order valence-electron chi connectivity index (χ4n) is 3.57. The molecule has 0 bridgehead atoms. The predicted octanol–water partition coefficient (Wildman–Crippen LogP) is 2.45. The Morgan fingerprint density at radius 3 is 2.62 bits per heavy atom. The molecule has 4 heteroatoms. The Labute approximate surface area is 145 Å². The summed E-state index contributed by atoms with van der Waals surface area (Å²) in [6.45, 7) is 5.23. The fraction of sp³-hybridized carbons (Fsp3) is 0.550. The highest BCUT2D eigenvalue weighted by Crippen LogP contribution is 2.21. The zero-order valence-corrected chi connectivity index (χ0v) is 14.7. The third-order valence-corrected chi connectivity index (χ3v) is 5.13. The molecule has 1 aliphatic carbocycles. The molecule has 0 saturated carbocycles. The second-order valence-corrected chi connectivity index (χ2v) is 7.10. The summed E-state index contributed by atoms with van der Waals surface area (Å²) < 4.78 is 0. The minimum atomic E-state index is 0.0764. The lowest BCUT2D eigenvalue weighted by Crippen LogP contribution is -2.47. The lowest BCUT2D eigenvalue weighted by Gasteiger charge is -2.35. The SMILES string of the molecule is CN1CCN(CC(NC(=O)CC2C=CCC2)c2ccccc2)CC1. The van der Waals surface area contributed by atoms with Gasteiger partial charge in [0, 0.05) is 39.1 Å². The molecule has 1 fully saturated rings. The van der Waals surface area contributed by atoms with E-state index in [1.54, 1.807) is 0 Å². The Morgan fingerprint density at radius 2 is 1.96 bits per heavy atom. The Kier molecular flexibility index (Phi) is 6.05. The summed E-state index contributed by atoms with van der Waals surface area (Å²) in [5.74, 6) is 0.597. The highest BCUT2D eigenvalue weighted by atomic mass is 16.1. The summed E-state index contributed by atoms with van der Waals surface area (Å²) in [5, 5.41) is 3.29. The molecule has 0 aromatic heterocycles. The third kappa shape index (κ3) is 4.92. The van der Waals surface area contributed by atoms with Crippen molar-refractivity contribution in [2.75, 3.05) is 39.8 Å². The van der Waals surface area contributed by atoms with Crippen molar-refractivity contribution in [1.82, 2.24) is 15.1 Å². The number of nitrogens with zero attached hydrogens (tertiary/aromatic N) is 2. The number of amides is 1. The van der Waals surface area contributed by atoms with Crippen LogP contribution in [0, 0.1) is 5.92 Å². The molecule has 3 rings (SSSR count). The molecule has 0 radical (unpaired) electrons. The van der Waals surface area contributed by atoms with Gasteiger partial charge in [0.1, 0.15) is 0 Å². The van der Waals surface area contributed by atoms with Gasteiger partial charge in [0.25, 0.3) is 0 Å². The smallest absolute Gasteiger partial charge is 0.221 e. The fourth-order valence-corrected chi connectivity index (χ4v) is 3.57. The summed E-state index contributed by atoms with van der Waals surface area (Å²) in [4.78, 5) is 17.3. The van der Waals surface area contributed by atoms with Crippen LogP contribution >= 0.6 is 0 Å². The van der Waals surface area contributed by atoms with Gasteiger partial charge in [0.05, 0.1) is 6.04 Å². The largest absolute Gasteiger partial charge is 0.348 e. The molecular weight excluding hydrogens is 298 g/mol. The Hall–Kier alpha value is -1.65. The Balaban J connectivity index is 1.61. The number of carbonyl (C=O) groups excluding carboxylic acids is 1. The molecule has 4 nitrogen and oxygen atoms in total. The minimum Gasteiger partial charge on any atom is -0.348 e. The van der Waals surface area contributed by atoms with Gasteiger partial charge in [-0.3, -0.25) is 9.69 Å². The number of carbonyl (C=O) groups is 1. The molecule has 1 heterocycles. The molecule has 2 atom stereocenters. The van der Waals surface area contributed by atoms with Crippen molar-refractivity contribution in [3.63, 3.8) is 0 Å². The number of hydrogen-bond acceptors (Lipinski definition) is 3. The molecule has 0 spiro atoms. The van der Waals surface area contributed by atoms with E-state index >= 15 is 0 Å². The number of rotatable bonds is 6. The molecule has 24 heavy (non-hydrogen) atoms. The van der Waals surface area contributed by atoms with Crippen LogP contribution < -0.4 is 5.32 Å². The van der Waals surface area contributed by atoms with Crippen molar-refractivity contribution < 1.29 is 4.79 Å². The maximum Gasteiger partial charge on any atom is 0.221 e. The molecule has 1 aromatic rings. The first kappa shape index (κ1) is 17.2. The van der Waals surface area contributed by atoms with Crippen LogP contribution in [0.25, 0.3) is 0 Å². The number of benzene rings is 1. The predicted molar refractivity (Wildman–Crippen MR) is 97.7 cm³/mol. The molecular formula is C20H29N3O. The van der Waals surface area contributed by atoms with E-state index < -0.39 is 0 Å². The number of nitrogens with one attached hydrogen (secondary N) is 1. The summed E-state index contributed by atoms with van der Waals surface area (Å²) in [6, 6.07) is 10.5. The van der Waals surface area contributed by atoms with Gasteiger partial charge in [-0.1, -0.05) is 42.5 Å². The quantitative estimate of drug-likeness (QED) is 0.815. The molecule has 2 unspecified atom stereocenters. The number of allylic oxidation sites excluding steroid dienone is 2. The maximum absolute atomic E-state index is 12.5. The van der Waals surface area contributed by atoms with E-state index in [-0.39, 0.29) is 11.9 Å². The highest BCUT2D eigenvalue weighted by molar-refractivity contribution is 5.77. The van der Waals surface area contributed by atoms with E-state index in [1.807, 2.05) is 6.07 Å². The standard InChI is InChI=1S/C20H29N3O/c1-22-11-13-23(14-12-22)16-19(18-9-3-2-4-10-18)21-20(24)15-17-7-5-6-8-17/h2-5,7,9-10,17,19H,6,8,11-16H2,1H3,(H,21,24). The number of likely N-dealkylation sites (N-methyl/N-ethyl adjacent to an activating group) is 1. The molecule has 1 aliphatic heterocycles. The average Bonchev–Trinajstić information content (AvgIpc) is 3.10. The first-order valence-corrected chi connectivity index (χ1v) is 9.12. The van der Waals surface area contributed by atoms with Crippen molar-refractivity contribution in [3.8, 4) is 0 Å². The van der Waals surface area contributed by atoms with Crippen LogP contribution in [0.15, 0.2) is 42.5 Å². The van der Waals surface area contributed by atoms with Gasteiger partial charge >= 0.3 is 0 Å². The van der Waals surface area contributed by atoms with Crippen LogP contribution in [0.4, 0.5) is 0 Å². The van der Waals surface area contributed by atoms with Crippen LogP contribution in [-0.4, -0.2) is 55.5 Å². The lowest BCUT2D eigenvalue weighted by molar-refractivity contribution is -0.122. The number of hydrogen-bond donors (Lipinski definition) is 1. The third-order valence-electron chi connectivity index (χ3n) is 5.13. The first-order chi connectivity index (χ1) is 11.7. The molecule has 1 aromatic carbocycles. The zero-order chi connectivity index (χ0) is 16.8. The van der Waals surface area contributed by atoms with E-state index in [2.05, 4.69) is 58.6 Å². The van der Waals surface area contributed by atoms with Gasteiger partial charge < -0.3 is 10.2 Å². The topological polar surface area (TPSA) is 35.6 Å². The number of piperazine rings is 1. The van der Waals surface area contributed by atoms with Gasteiger partial charge in [-0.15, -0.1) is 0 Å². The van der Waals surface area contributed by atoms with Crippen LogP contribution in [0.5, 0.6) is 0 Å². The Bertz CT molecular complexity index is 549. The summed E-state index contributed by atoms with van der Waals surface area (Å²) >= 11 is 0. The van der Waals surface area contributed by atoms with E-state index in [9.17, 15) is 4.79 Å². The van der Waals surface area contributed by atoms with Crippen molar-refractivity contribution in [2.24, 2.45) is 5.92 Å². The van der Waals surface area contributed by atoms with Crippen molar-refractivity contribution in [2.45, 2.75) is 25.3 Å². The molecule has 1 amide bonds. The second-order valence-electron chi connectivity index (χ2n) is 7.10. The van der Waals surface area contributed by atoms with E-state index in [0.717, 1.165) is 45.6 Å². The summed E-state index contributed by atoms with van der Waals surface area (Å²) in [7, 11) is 2.17. The second kappa shape index (κ2) is 8.45. The van der Waals surface area contributed by atoms with E-state index in [0.29, 0.717) is 12.3 Å². The molecule has 130 valence electrons. The first-order valence-electron chi connectivity index (χ1n) is 9.12. The summed E-state index contributed by atoms with van der Waals surface area (Å²) in [5.41, 5.74) is 1.20. The van der Waals surface area contributed by atoms with Crippen LogP contribution in [0.2, 0.25) is 0 Å². The zero-order valence-electron chi connectivity index (χ0n) is 14.7. The normalized spacial score (nSPS) is 23.3. The van der Waals surface area contributed by atoms with Crippen molar-refractivity contribution in [3.05, 3.63) is 48.0 Å². The van der Waals surface area contributed by atoms with Crippen LogP contribution in [-0.2, 0) is 4.79 Å². The molecule has 1 saturated heterocycles.